The molecule has 1 fully saturated rings. The largest absolute Gasteiger partial charge is 0.370 e. The Morgan fingerprint density at radius 1 is 1.44 bits per heavy atom. The second-order valence-corrected chi connectivity index (χ2v) is 4.41. The van der Waals surface area contributed by atoms with Crippen LogP contribution >= 0.6 is 0 Å². The van der Waals surface area contributed by atoms with Gasteiger partial charge in [-0.15, -0.1) is 0 Å². The summed E-state index contributed by atoms with van der Waals surface area (Å²) >= 11 is 0. The minimum Gasteiger partial charge on any atom is -0.370 e. The highest BCUT2D eigenvalue weighted by Crippen LogP contribution is 2.14. The summed E-state index contributed by atoms with van der Waals surface area (Å²) in [5, 5.41) is 6.05. The number of unbranched alkanes of at least 4 members (excludes halogenated alkanes) is 1. The van der Waals surface area contributed by atoms with E-state index in [-0.39, 0.29) is 17.9 Å². The van der Waals surface area contributed by atoms with Crippen LogP contribution in [0, 0.1) is 5.92 Å². The fourth-order valence-corrected chi connectivity index (χ4v) is 1.93. The van der Waals surface area contributed by atoms with Crippen LogP contribution in [0.4, 0.5) is 0 Å². The standard InChI is InChI=1S/C11H21N3O2/c1-8-5-7-13-10(8)11(16)14-6-3-2-4-9(12)15/h8,10,13H,2-7H2,1H3,(H2,12,15)(H,14,16). The van der Waals surface area contributed by atoms with Crippen LogP contribution in [0.15, 0.2) is 0 Å². The Labute approximate surface area is 96.1 Å². The summed E-state index contributed by atoms with van der Waals surface area (Å²) in [5.41, 5.74) is 5.02. The van der Waals surface area contributed by atoms with Crippen molar-refractivity contribution in [3.63, 3.8) is 0 Å². The maximum atomic E-state index is 11.7. The first kappa shape index (κ1) is 13.0. The highest BCUT2D eigenvalue weighted by molar-refractivity contribution is 5.82. The third kappa shape index (κ3) is 4.18. The van der Waals surface area contributed by atoms with Gasteiger partial charge in [-0.25, -0.2) is 0 Å². The predicted octanol–water partition coefficient (Wildman–Crippen LogP) is -0.244. The van der Waals surface area contributed by atoms with Gasteiger partial charge in [0.2, 0.25) is 11.8 Å². The summed E-state index contributed by atoms with van der Waals surface area (Å²) < 4.78 is 0. The summed E-state index contributed by atoms with van der Waals surface area (Å²) in [6.07, 6.45) is 2.99. The third-order valence-corrected chi connectivity index (χ3v) is 2.96. The molecule has 2 amide bonds. The Hall–Kier alpha value is -1.10. The lowest BCUT2D eigenvalue weighted by atomic mass is 10.0. The van der Waals surface area contributed by atoms with E-state index in [1.165, 1.54) is 0 Å². The number of nitrogens with two attached hydrogens (primary N) is 1. The molecule has 4 N–H and O–H groups in total. The number of hydrogen-bond donors (Lipinski definition) is 3. The van der Waals surface area contributed by atoms with Crippen molar-refractivity contribution >= 4 is 11.8 Å². The van der Waals surface area contributed by atoms with Crippen LogP contribution in [0.5, 0.6) is 0 Å². The van der Waals surface area contributed by atoms with Crippen LogP contribution in [0.25, 0.3) is 0 Å². The normalized spacial score (nSPS) is 24.3. The van der Waals surface area contributed by atoms with E-state index >= 15 is 0 Å². The maximum Gasteiger partial charge on any atom is 0.237 e. The van der Waals surface area contributed by atoms with Crippen molar-refractivity contribution in [3.8, 4) is 0 Å². The van der Waals surface area contributed by atoms with Crippen molar-refractivity contribution in [2.45, 2.75) is 38.6 Å². The fraction of sp³-hybridized carbons (Fsp3) is 0.818. The Bertz CT molecular complexity index is 256. The molecule has 0 bridgehead atoms. The predicted molar refractivity (Wildman–Crippen MR) is 61.6 cm³/mol. The van der Waals surface area contributed by atoms with Gasteiger partial charge in [-0.2, -0.15) is 0 Å². The van der Waals surface area contributed by atoms with Crippen molar-refractivity contribution in [2.24, 2.45) is 11.7 Å². The molecule has 2 atom stereocenters. The molecule has 1 aliphatic heterocycles. The van der Waals surface area contributed by atoms with Crippen molar-refractivity contribution in [1.29, 1.82) is 0 Å². The smallest absolute Gasteiger partial charge is 0.237 e. The minimum absolute atomic E-state index is 0.0452. The molecule has 1 aliphatic rings. The van der Waals surface area contributed by atoms with Crippen molar-refractivity contribution in [1.82, 2.24) is 10.6 Å². The molecule has 1 rings (SSSR count). The van der Waals surface area contributed by atoms with Crippen LogP contribution in [0.3, 0.4) is 0 Å². The van der Waals surface area contributed by atoms with Crippen LogP contribution in [-0.2, 0) is 9.59 Å². The fourth-order valence-electron chi connectivity index (χ4n) is 1.93. The van der Waals surface area contributed by atoms with Crippen molar-refractivity contribution in [3.05, 3.63) is 0 Å². The van der Waals surface area contributed by atoms with E-state index in [4.69, 9.17) is 5.73 Å². The minimum atomic E-state index is -0.280. The molecule has 0 aromatic heterocycles. The van der Waals surface area contributed by atoms with Gasteiger partial charge in [0.15, 0.2) is 0 Å². The average Bonchev–Trinajstić information content (AvgIpc) is 2.63. The molecule has 92 valence electrons. The number of carbonyl (C=O) groups is 2. The molecule has 0 saturated carbocycles. The topological polar surface area (TPSA) is 84.2 Å². The van der Waals surface area contributed by atoms with E-state index in [1.54, 1.807) is 0 Å². The summed E-state index contributed by atoms with van der Waals surface area (Å²) in [6, 6.07) is -0.0452. The van der Waals surface area contributed by atoms with Crippen molar-refractivity contribution in [2.75, 3.05) is 13.1 Å². The molecule has 0 aliphatic carbocycles. The van der Waals surface area contributed by atoms with Gasteiger partial charge in [0.25, 0.3) is 0 Å². The molecular formula is C11H21N3O2. The van der Waals surface area contributed by atoms with E-state index < -0.39 is 0 Å². The zero-order valence-corrected chi connectivity index (χ0v) is 9.79. The first-order chi connectivity index (χ1) is 7.61. The lowest BCUT2D eigenvalue weighted by Gasteiger charge is -2.15. The van der Waals surface area contributed by atoms with E-state index in [0.717, 1.165) is 25.8 Å². The maximum absolute atomic E-state index is 11.7. The second-order valence-electron chi connectivity index (χ2n) is 4.41. The van der Waals surface area contributed by atoms with Gasteiger partial charge in [0.1, 0.15) is 0 Å². The first-order valence-electron chi connectivity index (χ1n) is 5.90. The second kappa shape index (κ2) is 6.48. The monoisotopic (exact) mass is 227 g/mol. The lowest BCUT2D eigenvalue weighted by Crippen LogP contribution is -2.43. The molecular weight excluding hydrogens is 206 g/mol. The molecule has 5 nitrogen and oxygen atoms in total. The molecule has 0 aromatic rings. The van der Waals surface area contributed by atoms with Crippen LogP contribution in [0.1, 0.15) is 32.6 Å². The molecule has 0 aromatic carbocycles. The number of amides is 2. The van der Waals surface area contributed by atoms with Gasteiger partial charge in [0, 0.05) is 13.0 Å². The van der Waals surface area contributed by atoms with Gasteiger partial charge in [0.05, 0.1) is 6.04 Å². The van der Waals surface area contributed by atoms with Crippen LogP contribution < -0.4 is 16.4 Å². The number of primary amides is 1. The number of hydrogen-bond acceptors (Lipinski definition) is 3. The van der Waals surface area contributed by atoms with Gasteiger partial charge in [-0.3, -0.25) is 9.59 Å². The molecule has 1 saturated heterocycles. The molecule has 0 spiro atoms. The lowest BCUT2D eigenvalue weighted by molar-refractivity contribution is -0.123. The molecule has 1 heterocycles. The highest BCUT2D eigenvalue weighted by Gasteiger charge is 2.28. The summed E-state index contributed by atoms with van der Waals surface area (Å²) in [5.74, 6) is 0.201. The third-order valence-electron chi connectivity index (χ3n) is 2.96. The zero-order chi connectivity index (χ0) is 12.0. The number of nitrogens with one attached hydrogen (secondary N) is 2. The van der Waals surface area contributed by atoms with Gasteiger partial charge >= 0.3 is 0 Å². The Morgan fingerprint density at radius 3 is 2.75 bits per heavy atom. The van der Waals surface area contributed by atoms with Crippen LogP contribution in [-0.4, -0.2) is 30.9 Å². The van der Waals surface area contributed by atoms with E-state index in [9.17, 15) is 9.59 Å². The Morgan fingerprint density at radius 2 is 2.19 bits per heavy atom. The Kier molecular flexibility index (Phi) is 5.25. The summed E-state index contributed by atoms with van der Waals surface area (Å²) in [4.78, 5) is 22.2. The molecule has 5 heteroatoms. The quantitative estimate of drug-likeness (QED) is 0.547. The van der Waals surface area contributed by atoms with E-state index in [1.807, 2.05) is 0 Å². The first-order valence-corrected chi connectivity index (χ1v) is 5.90. The zero-order valence-electron chi connectivity index (χ0n) is 9.79. The van der Waals surface area contributed by atoms with Crippen molar-refractivity contribution < 1.29 is 9.59 Å². The Balaban J connectivity index is 2.08. The SMILES string of the molecule is CC1CCNC1C(=O)NCCCCC(N)=O. The van der Waals surface area contributed by atoms with E-state index in [0.29, 0.717) is 18.9 Å². The van der Waals surface area contributed by atoms with E-state index in [2.05, 4.69) is 17.6 Å². The van der Waals surface area contributed by atoms with Gasteiger partial charge < -0.3 is 16.4 Å². The van der Waals surface area contributed by atoms with Crippen LogP contribution in [0.2, 0.25) is 0 Å². The summed E-state index contributed by atoms with van der Waals surface area (Å²) in [6.45, 7) is 3.62. The average molecular weight is 227 g/mol. The number of carbonyl (C=O) groups excluding carboxylic acids is 2. The summed E-state index contributed by atoms with van der Waals surface area (Å²) in [7, 11) is 0. The highest BCUT2D eigenvalue weighted by atomic mass is 16.2. The molecule has 16 heavy (non-hydrogen) atoms. The molecule has 0 radical (unpaired) electrons. The van der Waals surface area contributed by atoms with Gasteiger partial charge in [-0.1, -0.05) is 6.92 Å². The number of rotatable bonds is 6. The molecule has 2 unspecified atom stereocenters. The van der Waals surface area contributed by atoms with Gasteiger partial charge in [-0.05, 0) is 31.7 Å².